The molecule has 3 aliphatic rings. The first-order chi connectivity index (χ1) is 14.1. The molecule has 0 atom stereocenters. The number of anilines is 2. The van der Waals surface area contributed by atoms with E-state index in [9.17, 15) is 14.4 Å². The van der Waals surface area contributed by atoms with Crippen LogP contribution in [-0.2, 0) is 9.59 Å². The van der Waals surface area contributed by atoms with Crippen LogP contribution in [0.1, 0.15) is 70.6 Å². The van der Waals surface area contributed by atoms with Gasteiger partial charge in [0.2, 0.25) is 11.8 Å². The molecule has 1 aliphatic carbocycles. The number of hydrogen-bond acceptors (Lipinski definition) is 3. The highest BCUT2D eigenvalue weighted by Crippen LogP contribution is 2.44. The Morgan fingerprint density at radius 3 is 2.34 bits per heavy atom. The van der Waals surface area contributed by atoms with Crippen LogP contribution >= 0.6 is 0 Å². The van der Waals surface area contributed by atoms with E-state index in [1.807, 2.05) is 4.90 Å². The van der Waals surface area contributed by atoms with Crippen LogP contribution in [0, 0.1) is 5.41 Å². The summed E-state index contributed by atoms with van der Waals surface area (Å²) in [7, 11) is 0. The molecule has 0 unspecified atom stereocenters. The molecule has 0 aromatic heterocycles. The second-order valence-electron chi connectivity index (χ2n) is 8.86. The molecule has 2 heterocycles. The summed E-state index contributed by atoms with van der Waals surface area (Å²) in [6.45, 7) is 1.59. The Kier molecular flexibility index (Phi) is 5.88. The minimum atomic E-state index is -0.171. The fourth-order valence-corrected chi connectivity index (χ4v) is 5.23. The van der Waals surface area contributed by atoms with E-state index in [0.29, 0.717) is 36.1 Å². The zero-order valence-corrected chi connectivity index (χ0v) is 17.1. The molecule has 156 valence electrons. The minimum absolute atomic E-state index is 0.0914. The fourth-order valence-electron chi connectivity index (χ4n) is 5.23. The van der Waals surface area contributed by atoms with Gasteiger partial charge in [-0.25, -0.2) is 4.79 Å². The van der Waals surface area contributed by atoms with E-state index >= 15 is 0 Å². The molecule has 0 radical (unpaired) electrons. The molecule has 2 aliphatic heterocycles. The van der Waals surface area contributed by atoms with Gasteiger partial charge in [0, 0.05) is 31.6 Å². The van der Waals surface area contributed by atoms with Crippen molar-refractivity contribution in [2.45, 2.75) is 70.6 Å². The van der Waals surface area contributed by atoms with Gasteiger partial charge in [-0.3, -0.25) is 14.5 Å². The van der Waals surface area contributed by atoms with Gasteiger partial charge in [0.15, 0.2) is 0 Å². The summed E-state index contributed by atoms with van der Waals surface area (Å²) in [5, 5.41) is 2.98. The van der Waals surface area contributed by atoms with Crippen molar-refractivity contribution < 1.29 is 14.4 Å². The maximum Gasteiger partial charge on any atom is 0.321 e. The molecule has 29 heavy (non-hydrogen) atoms. The Morgan fingerprint density at radius 1 is 0.862 bits per heavy atom. The van der Waals surface area contributed by atoms with Crippen LogP contribution in [0.25, 0.3) is 0 Å². The molecule has 6 nitrogen and oxygen atoms in total. The molecule has 6 heteroatoms. The number of imide groups is 1. The van der Waals surface area contributed by atoms with Crippen molar-refractivity contribution in [3.8, 4) is 0 Å². The maximum absolute atomic E-state index is 12.9. The third-order valence-electron chi connectivity index (χ3n) is 6.88. The van der Waals surface area contributed by atoms with Crippen LogP contribution in [0.15, 0.2) is 24.3 Å². The van der Waals surface area contributed by atoms with Crippen LogP contribution in [0.4, 0.5) is 16.2 Å². The molecule has 0 bridgehead atoms. The van der Waals surface area contributed by atoms with Crippen molar-refractivity contribution in [2.75, 3.05) is 23.3 Å². The zero-order valence-electron chi connectivity index (χ0n) is 17.1. The first-order valence-electron chi connectivity index (χ1n) is 11.1. The number of benzene rings is 1. The van der Waals surface area contributed by atoms with Crippen LogP contribution < -0.4 is 10.2 Å². The molecule has 1 N–H and O–H groups in total. The van der Waals surface area contributed by atoms with Gasteiger partial charge >= 0.3 is 6.03 Å². The highest BCUT2D eigenvalue weighted by molar-refractivity contribution is 6.16. The number of piperidine rings is 1. The highest BCUT2D eigenvalue weighted by atomic mass is 16.2. The Balaban J connectivity index is 1.41. The summed E-state index contributed by atoms with van der Waals surface area (Å²) in [6.07, 6.45) is 11.4. The van der Waals surface area contributed by atoms with Crippen molar-refractivity contribution in [3.05, 3.63) is 24.3 Å². The molecule has 3 fully saturated rings. The third kappa shape index (κ3) is 4.46. The predicted octanol–water partition coefficient (Wildman–Crippen LogP) is 4.70. The zero-order chi connectivity index (χ0) is 20.3. The average Bonchev–Trinajstić information content (AvgIpc) is 2.91. The van der Waals surface area contributed by atoms with E-state index in [0.717, 1.165) is 25.9 Å². The SMILES string of the molecule is O=C(Nc1cccc(N2C(=O)CCCC2=O)c1)N1CCCC2(CCCCC2)CC1. The monoisotopic (exact) mass is 397 g/mol. The maximum atomic E-state index is 12.9. The van der Waals surface area contributed by atoms with Crippen molar-refractivity contribution in [1.29, 1.82) is 0 Å². The first kappa shape index (κ1) is 19.9. The normalized spacial score (nSPS) is 22.5. The number of rotatable bonds is 2. The summed E-state index contributed by atoms with van der Waals surface area (Å²) >= 11 is 0. The number of nitrogens with zero attached hydrogens (tertiary/aromatic N) is 2. The van der Waals surface area contributed by atoms with Gasteiger partial charge in [-0.1, -0.05) is 25.3 Å². The molecule has 1 spiro atoms. The smallest absolute Gasteiger partial charge is 0.321 e. The van der Waals surface area contributed by atoms with E-state index in [1.54, 1.807) is 24.3 Å². The quantitative estimate of drug-likeness (QED) is 0.736. The summed E-state index contributed by atoms with van der Waals surface area (Å²) in [4.78, 5) is 40.4. The Hall–Kier alpha value is -2.37. The largest absolute Gasteiger partial charge is 0.325 e. The number of carbonyl (C=O) groups is 3. The van der Waals surface area contributed by atoms with Gasteiger partial charge in [0.05, 0.1) is 5.69 Å². The summed E-state index contributed by atoms with van der Waals surface area (Å²) in [5.74, 6) is -0.343. The van der Waals surface area contributed by atoms with Gasteiger partial charge in [0.25, 0.3) is 0 Å². The van der Waals surface area contributed by atoms with E-state index < -0.39 is 0 Å². The van der Waals surface area contributed by atoms with Gasteiger partial charge in [0.1, 0.15) is 0 Å². The van der Waals surface area contributed by atoms with Crippen molar-refractivity contribution in [1.82, 2.24) is 4.90 Å². The molecular weight excluding hydrogens is 366 g/mol. The lowest BCUT2D eigenvalue weighted by atomic mass is 9.69. The van der Waals surface area contributed by atoms with Crippen LogP contribution in [0.2, 0.25) is 0 Å². The number of likely N-dealkylation sites (tertiary alicyclic amines) is 1. The van der Waals surface area contributed by atoms with Crippen molar-refractivity contribution >= 4 is 29.2 Å². The number of carbonyl (C=O) groups excluding carboxylic acids is 3. The Bertz CT molecular complexity index is 769. The molecule has 1 saturated carbocycles. The van der Waals surface area contributed by atoms with E-state index in [2.05, 4.69) is 5.32 Å². The van der Waals surface area contributed by atoms with E-state index in [-0.39, 0.29) is 17.8 Å². The number of amides is 4. The number of nitrogens with one attached hydrogen (secondary N) is 1. The molecule has 4 amide bonds. The molecule has 1 aromatic carbocycles. The summed E-state index contributed by atoms with van der Waals surface area (Å²) < 4.78 is 0. The van der Waals surface area contributed by atoms with Gasteiger partial charge in [-0.2, -0.15) is 0 Å². The first-order valence-corrected chi connectivity index (χ1v) is 11.1. The minimum Gasteiger partial charge on any atom is -0.325 e. The standard InChI is InChI=1S/C23H31N3O3/c27-20-9-5-10-21(28)26(20)19-8-4-7-18(17-19)24-22(29)25-15-6-13-23(14-16-25)11-2-1-3-12-23/h4,7-8,17H,1-3,5-6,9-16H2,(H,24,29). The van der Waals surface area contributed by atoms with Gasteiger partial charge < -0.3 is 10.2 Å². The molecule has 1 aromatic rings. The molecule has 4 rings (SSSR count). The highest BCUT2D eigenvalue weighted by Gasteiger charge is 2.34. The average molecular weight is 398 g/mol. The molecular formula is C23H31N3O3. The lowest BCUT2D eigenvalue weighted by Gasteiger charge is -2.36. The van der Waals surface area contributed by atoms with Crippen LogP contribution in [0.3, 0.4) is 0 Å². The number of hydrogen-bond donors (Lipinski definition) is 1. The van der Waals surface area contributed by atoms with Crippen molar-refractivity contribution in [3.63, 3.8) is 0 Å². The Morgan fingerprint density at radius 2 is 1.59 bits per heavy atom. The lowest BCUT2D eigenvalue weighted by Crippen LogP contribution is -2.40. The topological polar surface area (TPSA) is 69.7 Å². The Labute approximate surface area is 172 Å². The third-order valence-corrected chi connectivity index (χ3v) is 6.88. The van der Waals surface area contributed by atoms with Gasteiger partial charge in [-0.05, 0) is 62.1 Å². The van der Waals surface area contributed by atoms with Crippen molar-refractivity contribution in [2.24, 2.45) is 5.41 Å². The lowest BCUT2D eigenvalue weighted by molar-refractivity contribution is -0.129. The second kappa shape index (κ2) is 8.56. The van der Waals surface area contributed by atoms with E-state index in [1.165, 1.54) is 43.4 Å². The van der Waals surface area contributed by atoms with Crippen LogP contribution in [0.5, 0.6) is 0 Å². The van der Waals surface area contributed by atoms with Gasteiger partial charge in [-0.15, -0.1) is 0 Å². The summed E-state index contributed by atoms with van der Waals surface area (Å²) in [5.41, 5.74) is 1.60. The summed E-state index contributed by atoms with van der Waals surface area (Å²) in [6, 6.07) is 6.96. The van der Waals surface area contributed by atoms with Crippen LogP contribution in [-0.4, -0.2) is 35.8 Å². The molecule has 2 saturated heterocycles. The second-order valence-corrected chi connectivity index (χ2v) is 8.86. The fraction of sp³-hybridized carbons (Fsp3) is 0.609. The predicted molar refractivity (Wildman–Crippen MR) is 113 cm³/mol. The number of urea groups is 1. The van der Waals surface area contributed by atoms with E-state index in [4.69, 9.17) is 0 Å².